The molecule has 3 rings (SSSR count). The number of nitriles is 1. The van der Waals surface area contributed by atoms with Crippen LogP contribution in [0.15, 0.2) is 36.9 Å². The van der Waals surface area contributed by atoms with E-state index in [0.29, 0.717) is 11.3 Å². The maximum atomic E-state index is 9.18. The molecule has 0 amide bonds. The van der Waals surface area contributed by atoms with Crippen LogP contribution < -0.4 is 0 Å². The molecule has 2 aromatic heterocycles. The van der Waals surface area contributed by atoms with Gasteiger partial charge < -0.3 is 4.57 Å². The van der Waals surface area contributed by atoms with E-state index in [-0.39, 0.29) is 0 Å². The van der Waals surface area contributed by atoms with E-state index >= 15 is 0 Å². The van der Waals surface area contributed by atoms with E-state index in [1.165, 1.54) is 6.33 Å². The summed E-state index contributed by atoms with van der Waals surface area (Å²) in [4.78, 5) is 12.9. The summed E-state index contributed by atoms with van der Waals surface area (Å²) in [5.41, 5.74) is 3.61. The van der Waals surface area contributed by atoms with Crippen molar-refractivity contribution in [3.05, 3.63) is 42.5 Å². The lowest BCUT2D eigenvalue weighted by atomic mass is 10.0. The molecule has 0 unspecified atom stereocenters. The van der Waals surface area contributed by atoms with Crippen LogP contribution in [0.5, 0.6) is 0 Å². The summed E-state index contributed by atoms with van der Waals surface area (Å²) in [6.07, 6.45) is 3.26. The molecule has 0 atom stereocenters. The zero-order valence-electron chi connectivity index (χ0n) is 10.4. The van der Waals surface area contributed by atoms with Gasteiger partial charge in [0, 0.05) is 12.1 Å². The van der Waals surface area contributed by atoms with Crippen LogP contribution >= 0.6 is 0 Å². The van der Waals surface area contributed by atoms with Gasteiger partial charge in [-0.2, -0.15) is 5.26 Å². The van der Waals surface area contributed by atoms with Gasteiger partial charge in [0.15, 0.2) is 5.65 Å². The largest absolute Gasteiger partial charge is 0.315 e. The predicted molar refractivity (Wildman–Crippen MR) is 71.1 cm³/mol. The second kappa shape index (κ2) is 4.50. The topological polar surface area (TPSA) is 67.4 Å². The van der Waals surface area contributed by atoms with Gasteiger partial charge in [0.05, 0.1) is 18.0 Å². The highest BCUT2D eigenvalue weighted by Crippen LogP contribution is 2.26. The van der Waals surface area contributed by atoms with E-state index in [0.717, 1.165) is 23.3 Å². The third-order valence-electron chi connectivity index (χ3n) is 3.04. The van der Waals surface area contributed by atoms with Crippen molar-refractivity contribution in [2.75, 3.05) is 0 Å². The van der Waals surface area contributed by atoms with Crippen LogP contribution in [-0.4, -0.2) is 19.5 Å². The highest BCUT2D eigenvalue weighted by Gasteiger charge is 2.13. The highest BCUT2D eigenvalue weighted by atomic mass is 15.1. The number of aromatic nitrogens is 4. The summed E-state index contributed by atoms with van der Waals surface area (Å²) in [6, 6.07) is 9.57. The fraction of sp³-hybridized carbons (Fsp3) is 0.143. The molecule has 1 aromatic carbocycles. The van der Waals surface area contributed by atoms with Crippen LogP contribution in [0.1, 0.15) is 12.5 Å². The van der Waals surface area contributed by atoms with Gasteiger partial charge in [-0.25, -0.2) is 15.0 Å². The van der Waals surface area contributed by atoms with E-state index < -0.39 is 0 Å². The minimum Gasteiger partial charge on any atom is -0.315 e. The Bertz CT molecular complexity index is 782. The van der Waals surface area contributed by atoms with Crippen molar-refractivity contribution in [1.82, 2.24) is 19.5 Å². The van der Waals surface area contributed by atoms with Crippen LogP contribution in [0.25, 0.3) is 22.4 Å². The molecule has 0 N–H and O–H groups in total. The van der Waals surface area contributed by atoms with Crippen LogP contribution in [0.3, 0.4) is 0 Å². The second-order valence-corrected chi connectivity index (χ2v) is 4.08. The number of imidazole rings is 1. The van der Waals surface area contributed by atoms with Gasteiger partial charge in [0.2, 0.25) is 0 Å². The maximum absolute atomic E-state index is 9.18. The van der Waals surface area contributed by atoms with Gasteiger partial charge in [-0.1, -0.05) is 18.2 Å². The lowest BCUT2D eigenvalue weighted by Crippen LogP contribution is -1.95. The molecular formula is C14H11N5. The number of hydrogen-bond acceptors (Lipinski definition) is 4. The Kier molecular flexibility index (Phi) is 2.69. The SMILES string of the molecule is CCn1cnc2c(-c3ccccc3C#N)ncnc21. The fourth-order valence-electron chi connectivity index (χ4n) is 2.10. The molecule has 0 aliphatic carbocycles. The summed E-state index contributed by atoms with van der Waals surface area (Å²) >= 11 is 0. The summed E-state index contributed by atoms with van der Waals surface area (Å²) in [7, 11) is 0. The average molecular weight is 249 g/mol. The molecule has 0 saturated carbocycles. The Morgan fingerprint density at radius 2 is 2.05 bits per heavy atom. The van der Waals surface area contributed by atoms with Crippen molar-refractivity contribution in [2.24, 2.45) is 0 Å². The summed E-state index contributed by atoms with van der Waals surface area (Å²) < 4.78 is 1.95. The molecule has 19 heavy (non-hydrogen) atoms. The Morgan fingerprint density at radius 3 is 2.84 bits per heavy atom. The Hall–Kier alpha value is -2.74. The van der Waals surface area contributed by atoms with Crippen molar-refractivity contribution in [3.63, 3.8) is 0 Å². The van der Waals surface area contributed by atoms with E-state index in [4.69, 9.17) is 0 Å². The van der Waals surface area contributed by atoms with Crippen molar-refractivity contribution in [2.45, 2.75) is 13.5 Å². The highest BCUT2D eigenvalue weighted by molar-refractivity contribution is 5.88. The molecule has 3 aromatic rings. The third kappa shape index (κ3) is 1.74. The fourth-order valence-corrected chi connectivity index (χ4v) is 2.10. The monoisotopic (exact) mass is 249 g/mol. The first-order valence-corrected chi connectivity index (χ1v) is 6.00. The standard InChI is InChI=1S/C14H11N5/c1-2-19-9-18-13-12(16-8-17-14(13)19)11-6-4-3-5-10(11)7-15/h3-6,8-9H,2H2,1H3. The number of benzene rings is 1. The van der Waals surface area contributed by atoms with Crippen LogP contribution in [0, 0.1) is 11.3 Å². The maximum Gasteiger partial charge on any atom is 0.163 e. The van der Waals surface area contributed by atoms with Crippen molar-refractivity contribution in [1.29, 1.82) is 5.26 Å². The predicted octanol–water partition coefficient (Wildman–Crippen LogP) is 2.38. The Balaban J connectivity index is 2.32. The van der Waals surface area contributed by atoms with Crippen molar-refractivity contribution < 1.29 is 0 Å². The smallest absolute Gasteiger partial charge is 0.163 e. The summed E-state index contributed by atoms with van der Waals surface area (Å²) in [5, 5.41) is 9.18. The van der Waals surface area contributed by atoms with E-state index in [1.807, 2.05) is 29.7 Å². The first kappa shape index (κ1) is 11.4. The minimum atomic E-state index is 0.591. The minimum absolute atomic E-state index is 0.591. The quantitative estimate of drug-likeness (QED) is 0.699. The molecule has 0 radical (unpaired) electrons. The van der Waals surface area contributed by atoms with Crippen LogP contribution in [0.2, 0.25) is 0 Å². The lowest BCUT2D eigenvalue weighted by molar-refractivity contribution is 0.777. The van der Waals surface area contributed by atoms with E-state index in [9.17, 15) is 5.26 Å². The van der Waals surface area contributed by atoms with E-state index in [2.05, 4.69) is 21.0 Å². The summed E-state index contributed by atoms with van der Waals surface area (Å²) in [6.45, 7) is 2.83. The average Bonchev–Trinajstić information content (AvgIpc) is 2.90. The van der Waals surface area contributed by atoms with Gasteiger partial charge in [0.1, 0.15) is 17.5 Å². The zero-order valence-corrected chi connectivity index (χ0v) is 10.4. The van der Waals surface area contributed by atoms with Crippen LogP contribution in [0.4, 0.5) is 0 Å². The molecule has 2 heterocycles. The van der Waals surface area contributed by atoms with Gasteiger partial charge in [-0.3, -0.25) is 0 Å². The van der Waals surface area contributed by atoms with Gasteiger partial charge in [-0.15, -0.1) is 0 Å². The molecule has 0 aliphatic rings. The van der Waals surface area contributed by atoms with Crippen LogP contribution in [-0.2, 0) is 6.54 Å². The molecule has 0 saturated heterocycles. The molecule has 0 bridgehead atoms. The van der Waals surface area contributed by atoms with Gasteiger partial charge in [0.25, 0.3) is 0 Å². The second-order valence-electron chi connectivity index (χ2n) is 4.08. The zero-order chi connectivity index (χ0) is 13.2. The number of hydrogen-bond donors (Lipinski definition) is 0. The molecular weight excluding hydrogens is 238 g/mol. The number of nitrogens with zero attached hydrogens (tertiary/aromatic N) is 5. The summed E-state index contributed by atoms with van der Waals surface area (Å²) in [5.74, 6) is 0. The normalized spacial score (nSPS) is 10.5. The van der Waals surface area contributed by atoms with Gasteiger partial charge >= 0.3 is 0 Å². The van der Waals surface area contributed by atoms with Crippen molar-refractivity contribution >= 4 is 11.2 Å². The number of rotatable bonds is 2. The molecule has 0 fully saturated rings. The first-order chi connectivity index (χ1) is 9.35. The van der Waals surface area contributed by atoms with Gasteiger partial charge in [-0.05, 0) is 13.0 Å². The molecule has 5 nitrogen and oxygen atoms in total. The Morgan fingerprint density at radius 1 is 1.21 bits per heavy atom. The molecule has 92 valence electrons. The molecule has 0 spiro atoms. The lowest BCUT2D eigenvalue weighted by Gasteiger charge is -2.04. The first-order valence-electron chi connectivity index (χ1n) is 6.00. The molecule has 5 heteroatoms. The Labute approximate surface area is 110 Å². The van der Waals surface area contributed by atoms with E-state index in [1.54, 1.807) is 12.4 Å². The number of fused-ring (bicyclic) bond motifs is 1. The third-order valence-corrected chi connectivity index (χ3v) is 3.04. The number of aryl methyl sites for hydroxylation is 1. The van der Waals surface area contributed by atoms with Crippen molar-refractivity contribution in [3.8, 4) is 17.3 Å². The molecule has 0 aliphatic heterocycles.